The van der Waals surface area contributed by atoms with Gasteiger partial charge in [0, 0.05) is 39.5 Å². The van der Waals surface area contributed by atoms with Crippen LogP contribution in [0.3, 0.4) is 0 Å². The van der Waals surface area contributed by atoms with Gasteiger partial charge >= 0.3 is 0 Å². The van der Waals surface area contributed by atoms with Crippen molar-refractivity contribution >= 4 is 28.4 Å². The second kappa shape index (κ2) is 10.7. The molecular formula is C30H31N3O3. The van der Waals surface area contributed by atoms with Gasteiger partial charge in [-0.1, -0.05) is 37.8 Å². The summed E-state index contributed by atoms with van der Waals surface area (Å²) in [4.78, 5) is 28.8. The van der Waals surface area contributed by atoms with Crippen LogP contribution >= 0.6 is 0 Å². The summed E-state index contributed by atoms with van der Waals surface area (Å²) in [6, 6.07) is 22.8. The zero-order valence-corrected chi connectivity index (χ0v) is 20.5. The number of H-pyrrole nitrogens is 1. The topological polar surface area (TPSA) is 83.2 Å². The molecule has 0 aliphatic heterocycles. The number of carbonyl (C=O) groups is 2. The normalized spacial score (nSPS) is 14.2. The van der Waals surface area contributed by atoms with Gasteiger partial charge in [0.05, 0.1) is 7.11 Å². The van der Waals surface area contributed by atoms with E-state index in [1.165, 1.54) is 25.7 Å². The first-order valence-electron chi connectivity index (χ1n) is 12.6. The van der Waals surface area contributed by atoms with E-state index in [2.05, 4.69) is 21.7 Å². The van der Waals surface area contributed by atoms with E-state index in [1.807, 2.05) is 42.5 Å². The number of anilines is 1. The molecule has 1 aliphatic carbocycles. The third-order valence-corrected chi connectivity index (χ3v) is 6.88. The molecule has 1 saturated carbocycles. The molecule has 6 heteroatoms. The van der Waals surface area contributed by atoms with Crippen LogP contribution in [0.4, 0.5) is 5.69 Å². The number of carbonyl (C=O) groups excluding carboxylic acids is 2. The number of hydrogen-bond donors (Lipinski definition) is 3. The van der Waals surface area contributed by atoms with Gasteiger partial charge in [0.2, 0.25) is 0 Å². The Labute approximate surface area is 211 Å². The van der Waals surface area contributed by atoms with Gasteiger partial charge in [-0.05, 0) is 79.1 Å². The molecule has 6 nitrogen and oxygen atoms in total. The Morgan fingerprint density at radius 1 is 0.806 bits per heavy atom. The highest BCUT2D eigenvalue weighted by molar-refractivity contribution is 6.04. The lowest BCUT2D eigenvalue weighted by atomic mass is 10.1. The Kier molecular flexibility index (Phi) is 7.03. The Morgan fingerprint density at radius 2 is 1.50 bits per heavy atom. The van der Waals surface area contributed by atoms with Gasteiger partial charge in [-0.25, -0.2) is 0 Å². The van der Waals surface area contributed by atoms with Crippen molar-refractivity contribution < 1.29 is 14.3 Å². The highest BCUT2D eigenvalue weighted by Crippen LogP contribution is 2.27. The number of aromatic nitrogens is 1. The number of fused-ring (bicyclic) bond motifs is 1. The smallest absolute Gasteiger partial charge is 0.255 e. The predicted octanol–water partition coefficient (Wildman–Crippen LogP) is 6.55. The monoisotopic (exact) mass is 481 g/mol. The molecule has 36 heavy (non-hydrogen) atoms. The van der Waals surface area contributed by atoms with Gasteiger partial charge in [-0.2, -0.15) is 0 Å². The van der Waals surface area contributed by atoms with E-state index in [0.717, 1.165) is 35.0 Å². The third kappa shape index (κ3) is 5.43. The second-order valence-corrected chi connectivity index (χ2v) is 9.41. The molecule has 1 heterocycles. The van der Waals surface area contributed by atoms with Crippen molar-refractivity contribution in [1.82, 2.24) is 10.3 Å². The van der Waals surface area contributed by atoms with Crippen LogP contribution < -0.4 is 15.4 Å². The summed E-state index contributed by atoms with van der Waals surface area (Å²) in [5.74, 6) is 0.538. The fraction of sp³-hybridized carbons (Fsp3) is 0.267. The molecule has 1 aromatic heterocycles. The molecule has 0 radical (unpaired) electrons. The first-order chi connectivity index (χ1) is 17.6. The van der Waals surface area contributed by atoms with Crippen LogP contribution in [0.5, 0.6) is 5.75 Å². The van der Waals surface area contributed by atoms with Gasteiger partial charge in [-0.15, -0.1) is 0 Å². The Morgan fingerprint density at radius 3 is 2.19 bits per heavy atom. The van der Waals surface area contributed by atoms with Crippen molar-refractivity contribution in [3.05, 3.63) is 83.9 Å². The summed E-state index contributed by atoms with van der Waals surface area (Å²) < 4.78 is 5.14. The number of rotatable bonds is 6. The van der Waals surface area contributed by atoms with E-state index >= 15 is 0 Å². The van der Waals surface area contributed by atoms with Crippen molar-refractivity contribution in [2.45, 2.75) is 44.6 Å². The van der Waals surface area contributed by atoms with Gasteiger partial charge in [-0.3, -0.25) is 9.59 Å². The van der Waals surface area contributed by atoms with Crippen LogP contribution in [-0.2, 0) is 0 Å². The van der Waals surface area contributed by atoms with Crippen LogP contribution in [0, 0.1) is 0 Å². The number of ether oxygens (including phenoxy) is 1. The molecule has 184 valence electrons. The maximum atomic E-state index is 12.8. The number of aromatic amines is 1. The molecule has 3 aromatic carbocycles. The number of amides is 2. The molecule has 5 rings (SSSR count). The highest BCUT2D eigenvalue weighted by atomic mass is 16.5. The third-order valence-electron chi connectivity index (χ3n) is 6.88. The quantitative estimate of drug-likeness (QED) is 0.273. The van der Waals surface area contributed by atoms with E-state index in [1.54, 1.807) is 31.4 Å². The number of methoxy groups -OCH3 is 1. The van der Waals surface area contributed by atoms with Crippen molar-refractivity contribution in [3.63, 3.8) is 0 Å². The summed E-state index contributed by atoms with van der Waals surface area (Å²) in [5.41, 5.74) is 4.90. The maximum Gasteiger partial charge on any atom is 0.255 e. The molecule has 1 fully saturated rings. The summed E-state index contributed by atoms with van der Waals surface area (Å²) in [6.45, 7) is 0. The first-order valence-corrected chi connectivity index (χ1v) is 12.6. The molecule has 0 spiro atoms. The standard InChI is InChI=1S/C30H31N3O3/c1-36-26-15-10-21(11-16-26)29(34)32-25-13-8-20(9-14-25)28-19-23-18-22(12-17-27(23)33-28)30(35)31-24-6-4-2-3-5-7-24/h8-19,24,33H,2-7H2,1H3,(H,31,35)(H,32,34). The number of nitrogens with one attached hydrogen (secondary N) is 3. The van der Waals surface area contributed by atoms with Crippen LogP contribution in [0.1, 0.15) is 59.2 Å². The molecule has 4 aromatic rings. The van der Waals surface area contributed by atoms with E-state index in [4.69, 9.17) is 4.74 Å². The first kappa shape index (κ1) is 23.7. The fourth-order valence-electron chi connectivity index (χ4n) is 4.80. The van der Waals surface area contributed by atoms with Crippen LogP contribution in [0.15, 0.2) is 72.8 Å². The lowest BCUT2D eigenvalue weighted by Crippen LogP contribution is -2.34. The zero-order valence-electron chi connectivity index (χ0n) is 20.5. The van der Waals surface area contributed by atoms with Crippen LogP contribution in [0.25, 0.3) is 22.2 Å². The highest BCUT2D eigenvalue weighted by Gasteiger charge is 2.16. The van der Waals surface area contributed by atoms with E-state index < -0.39 is 0 Å². The molecular weight excluding hydrogens is 450 g/mol. The minimum Gasteiger partial charge on any atom is -0.497 e. The number of benzene rings is 3. The molecule has 3 N–H and O–H groups in total. The predicted molar refractivity (Wildman–Crippen MR) is 144 cm³/mol. The van der Waals surface area contributed by atoms with Crippen molar-refractivity contribution in [3.8, 4) is 17.0 Å². The fourth-order valence-corrected chi connectivity index (χ4v) is 4.80. The SMILES string of the molecule is COc1ccc(C(=O)Nc2ccc(-c3cc4cc(C(=O)NC5CCCCCC5)ccc4[nH]3)cc2)cc1. The largest absolute Gasteiger partial charge is 0.497 e. The Bertz CT molecular complexity index is 1350. The summed E-state index contributed by atoms with van der Waals surface area (Å²) in [7, 11) is 1.60. The summed E-state index contributed by atoms with van der Waals surface area (Å²) in [6.07, 6.45) is 7.04. The Hall–Kier alpha value is -4.06. The minimum atomic E-state index is -0.175. The zero-order chi connectivity index (χ0) is 24.9. The van der Waals surface area contributed by atoms with Crippen LogP contribution in [0.2, 0.25) is 0 Å². The lowest BCUT2D eigenvalue weighted by Gasteiger charge is -2.16. The van der Waals surface area contributed by atoms with Crippen molar-refractivity contribution in [2.24, 2.45) is 0 Å². The van der Waals surface area contributed by atoms with Gasteiger partial charge in [0.15, 0.2) is 0 Å². The van der Waals surface area contributed by atoms with Gasteiger partial charge < -0.3 is 20.4 Å². The summed E-state index contributed by atoms with van der Waals surface area (Å²) >= 11 is 0. The average molecular weight is 482 g/mol. The summed E-state index contributed by atoms with van der Waals surface area (Å²) in [5, 5.41) is 7.15. The van der Waals surface area contributed by atoms with Gasteiger partial charge in [0.1, 0.15) is 5.75 Å². The average Bonchev–Trinajstić information content (AvgIpc) is 3.17. The van der Waals surface area contributed by atoms with E-state index in [0.29, 0.717) is 22.6 Å². The molecule has 1 aliphatic rings. The molecule has 0 atom stereocenters. The van der Waals surface area contributed by atoms with E-state index in [-0.39, 0.29) is 17.9 Å². The lowest BCUT2D eigenvalue weighted by molar-refractivity contribution is 0.0932. The molecule has 2 amide bonds. The second-order valence-electron chi connectivity index (χ2n) is 9.41. The minimum absolute atomic E-state index is 0.00324. The van der Waals surface area contributed by atoms with Gasteiger partial charge in [0.25, 0.3) is 11.8 Å². The van der Waals surface area contributed by atoms with E-state index in [9.17, 15) is 9.59 Å². The molecule has 0 unspecified atom stereocenters. The maximum absolute atomic E-state index is 12.8. The number of hydrogen-bond acceptors (Lipinski definition) is 3. The molecule has 0 bridgehead atoms. The Balaban J connectivity index is 1.26. The van der Waals surface area contributed by atoms with Crippen LogP contribution in [-0.4, -0.2) is 29.9 Å². The van der Waals surface area contributed by atoms with Crippen molar-refractivity contribution in [2.75, 3.05) is 12.4 Å². The molecule has 0 saturated heterocycles. The van der Waals surface area contributed by atoms with Crippen molar-refractivity contribution in [1.29, 1.82) is 0 Å².